The van der Waals surface area contributed by atoms with E-state index in [4.69, 9.17) is 16.3 Å². The quantitative estimate of drug-likeness (QED) is 0.569. The van der Waals surface area contributed by atoms with Gasteiger partial charge in [0.2, 0.25) is 0 Å². The molecule has 7 heteroatoms. The highest BCUT2D eigenvalue weighted by Crippen LogP contribution is 2.28. The molecule has 0 radical (unpaired) electrons. The number of fused-ring (bicyclic) bond motifs is 1. The molecule has 6 nitrogen and oxygen atoms in total. The third kappa shape index (κ3) is 5.85. The number of carbonyl (C=O) groups is 1. The average molecular weight is 420 g/mol. The average Bonchev–Trinajstić information content (AvgIpc) is 2.73. The third-order valence-electron chi connectivity index (χ3n) is 5.17. The van der Waals surface area contributed by atoms with Crippen LogP contribution in [0.4, 0.5) is 0 Å². The van der Waals surface area contributed by atoms with E-state index in [1.807, 2.05) is 12.1 Å². The van der Waals surface area contributed by atoms with Crippen LogP contribution in [0.2, 0.25) is 5.02 Å². The number of aryl methyl sites for hydroxylation is 1. The number of phenols is 1. The number of esters is 1. The second-order valence-electron chi connectivity index (χ2n) is 7.18. The summed E-state index contributed by atoms with van der Waals surface area (Å²) in [5.74, 6) is 0.455. The van der Waals surface area contributed by atoms with E-state index in [0.29, 0.717) is 12.1 Å². The Kier molecular flexibility index (Phi) is 7.36. The molecule has 0 aromatic heterocycles. The number of hydrogen-bond acceptors (Lipinski definition) is 6. The number of carbonyl (C=O) groups excluding carboxylic acids is 1. The third-order valence-corrected chi connectivity index (χ3v) is 5.47. The lowest BCUT2D eigenvalue weighted by atomic mass is 9.88. The topological polar surface area (TPSA) is 88.0 Å². The molecule has 2 atom stereocenters. The molecule has 29 heavy (non-hydrogen) atoms. The normalized spacial score (nSPS) is 16.7. The van der Waals surface area contributed by atoms with Crippen molar-refractivity contribution < 1.29 is 24.5 Å². The van der Waals surface area contributed by atoms with Gasteiger partial charge in [0.05, 0.1) is 31.3 Å². The number of aliphatic hydroxyl groups is 1. The van der Waals surface area contributed by atoms with Crippen LogP contribution in [0.25, 0.3) is 0 Å². The van der Waals surface area contributed by atoms with Crippen molar-refractivity contribution in [2.24, 2.45) is 0 Å². The fourth-order valence-electron chi connectivity index (χ4n) is 3.48. The summed E-state index contributed by atoms with van der Waals surface area (Å²) in [6.07, 6.45) is 2.29. The van der Waals surface area contributed by atoms with Gasteiger partial charge in [-0.1, -0.05) is 23.7 Å². The highest BCUT2D eigenvalue weighted by molar-refractivity contribution is 6.32. The second-order valence-corrected chi connectivity index (χ2v) is 7.59. The minimum Gasteiger partial charge on any atom is -0.506 e. The molecular formula is C22H26ClNO5. The smallest absolute Gasteiger partial charge is 0.308 e. The van der Waals surface area contributed by atoms with Gasteiger partial charge < -0.3 is 25.0 Å². The zero-order valence-corrected chi connectivity index (χ0v) is 17.1. The predicted octanol–water partition coefficient (Wildman–Crippen LogP) is 3.17. The van der Waals surface area contributed by atoms with Crippen molar-refractivity contribution in [1.82, 2.24) is 5.32 Å². The van der Waals surface area contributed by atoms with Crippen molar-refractivity contribution in [3.63, 3.8) is 0 Å². The maximum absolute atomic E-state index is 11.2. The van der Waals surface area contributed by atoms with E-state index in [-0.39, 0.29) is 35.8 Å². The Morgan fingerprint density at radius 1 is 1.28 bits per heavy atom. The zero-order chi connectivity index (χ0) is 20.8. The molecule has 0 amide bonds. The molecule has 3 N–H and O–H groups in total. The summed E-state index contributed by atoms with van der Waals surface area (Å²) in [4.78, 5) is 11.2. The minimum absolute atomic E-state index is 0.00377. The monoisotopic (exact) mass is 419 g/mol. The molecule has 1 aliphatic carbocycles. The van der Waals surface area contributed by atoms with Crippen LogP contribution in [0.15, 0.2) is 36.4 Å². The maximum Gasteiger partial charge on any atom is 0.308 e. The highest BCUT2D eigenvalue weighted by Gasteiger charge is 2.20. The molecule has 1 unspecified atom stereocenters. The lowest BCUT2D eigenvalue weighted by Gasteiger charge is -2.27. The van der Waals surface area contributed by atoms with Gasteiger partial charge in [0.25, 0.3) is 0 Å². The van der Waals surface area contributed by atoms with Crippen molar-refractivity contribution in [2.75, 3.05) is 20.3 Å². The van der Waals surface area contributed by atoms with E-state index in [2.05, 4.69) is 16.1 Å². The first kappa shape index (κ1) is 21.4. The lowest BCUT2D eigenvalue weighted by Crippen LogP contribution is -2.37. The fraction of sp³-hybridized carbons (Fsp3) is 0.409. The molecule has 2 aromatic rings. The Morgan fingerprint density at radius 2 is 2.10 bits per heavy atom. The van der Waals surface area contributed by atoms with Crippen molar-refractivity contribution in [3.8, 4) is 11.5 Å². The first-order valence-corrected chi connectivity index (χ1v) is 10.1. The molecular weight excluding hydrogens is 394 g/mol. The molecule has 156 valence electrons. The van der Waals surface area contributed by atoms with Crippen LogP contribution in [0.5, 0.6) is 11.5 Å². The summed E-state index contributed by atoms with van der Waals surface area (Å²) < 4.78 is 10.3. The number of ether oxygens (including phenoxy) is 2. The van der Waals surface area contributed by atoms with Crippen LogP contribution in [0.3, 0.4) is 0 Å². The Morgan fingerprint density at radius 3 is 2.86 bits per heavy atom. The summed E-state index contributed by atoms with van der Waals surface area (Å²) in [5.41, 5.74) is 3.18. The van der Waals surface area contributed by atoms with E-state index >= 15 is 0 Å². The lowest BCUT2D eigenvalue weighted by molar-refractivity contribution is -0.141. The number of aliphatic hydroxyl groups excluding tert-OH is 1. The summed E-state index contributed by atoms with van der Waals surface area (Å²) in [6, 6.07) is 11.0. The summed E-state index contributed by atoms with van der Waals surface area (Å²) in [5, 5.41) is 23.6. The standard InChI is InChI=1S/C22H26ClNO5/c1-28-22(27)8-9-29-18-6-3-14-2-5-17(10-16(14)11-18)24-13-21(26)15-4-7-20(25)19(23)12-15/h3-4,6-7,11-12,17,21,24-26H,2,5,8-10,13H2,1H3/t17-,21?/m0/s1. The van der Waals surface area contributed by atoms with Gasteiger partial charge in [0.15, 0.2) is 0 Å². The fourth-order valence-corrected chi connectivity index (χ4v) is 3.67. The van der Waals surface area contributed by atoms with Gasteiger partial charge in [-0.25, -0.2) is 0 Å². The van der Waals surface area contributed by atoms with E-state index in [1.54, 1.807) is 12.1 Å². The first-order chi connectivity index (χ1) is 14.0. The molecule has 2 aromatic carbocycles. The Balaban J connectivity index is 1.53. The van der Waals surface area contributed by atoms with Gasteiger partial charge in [-0.15, -0.1) is 0 Å². The van der Waals surface area contributed by atoms with Gasteiger partial charge in [-0.05, 0) is 60.2 Å². The van der Waals surface area contributed by atoms with Crippen molar-refractivity contribution in [3.05, 3.63) is 58.1 Å². The molecule has 0 bridgehead atoms. The van der Waals surface area contributed by atoms with Gasteiger partial charge >= 0.3 is 5.97 Å². The number of benzene rings is 2. The van der Waals surface area contributed by atoms with Gasteiger partial charge in [0.1, 0.15) is 11.5 Å². The predicted molar refractivity (Wildman–Crippen MR) is 110 cm³/mol. The molecule has 0 aliphatic heterocycles. The van der Waals surface area contributed by atoms with Gasteiger partial charge in [-0.2, -0.15) is 0 Å². The molecule has 0 saturated carbocycles. The summed E-state index contributed by atoms with van der Waals surface area (Å²) >= 11 is 5.92. The maximum atomic E-state index is 11.2. The van der Waals surface area contributed by atoms with Crippen LogP contribution < -0.4 is 10.1 Å². The Bertz CT molecular complexity index is 857. The number of rotatable bonds is 8. The zero-order valence-electron chi connectivity index (χ0n) is 16.4. The van der Waals surface area contributed by atoms with Crippen molar-refractivity contribution in [1.29, 1.82) is 0 Å². The van der Waals surface area contributed by atoms with Crippen LogP contribution in [-0.4, -0.2) is 42.5 Å². The largest absolute Gasteiger partial charge is 0.506 e. The van der Waals surface area contributed by atoms with E-state index in [1.165, 1.54) is 24.3 Å². The summed E-state index contributed by atoms with van der Waals surface area (Å²) in [6.45, 7) is 0.685. The number of halogens is 1. The van der Waals surface area contributed by atoms with Gasteiger partial charge in [-0.3, -0.25) is 4.79 Å². The molecule has 1 aliphatic rings. The number of aromatic hydroxyl groups is 1. The van der Waals surface area contributed by atoms with E-state index < -0.39 is 6.10 Å². The highest BCUT2D eigenvalue weighted by atomic mass is 35.5. The number of methoxy groups -OCH3 is 1. The van der Waals surface area contributed by atoms with E-state index in [9.17, 15) is 15.0 Å². The SMILES string of the molecule is COC(=O)CCOc1ccc2c(c1)C[C@@H](NCC(O)c1ccc(O)c(Cl)c1)CC2. The molecule has 0 heterocycles. The molecule has 3 rings (SSSR count). The number of hydrogen-bond donors (Lipinski definition) is 3. The number of nitrogens with one attached hydrogen (secondary N) is 1. The minimum atomic E-state index is -0.706. The Labute approximate surface area is 175 Å². The van der Waals surface area contributed by atoms with Crippen LogP contribution in [0, 0.1) is 0 Å². The van der Waals surface area contributed by atoms with Crippen LogP contribution in [0.1, 0.15) is 35.6 Å². The second kappa shape index (κ2) is 9.96. The van der Waals surface area contributed by atoms with Crippen LogP contribution in [-0.2, 0) is 22.4 Å². The summed E-state index contributed by atoms with van der Waals surface area (Å²) in [7, 11) is 1.36. The Hall–Kier alpha value is -2.28. The first-order valence-electron chi connectivity index (χ1n) is 9.67. The van der Waals surface area contributed by atoms with Crippen LogP contribution >= 0.6 is 11.6 Å². The molecule has 0 spiro atoms. The molecule has 0 fully saturated rings. The van der Waals surface area contributed by atoms with Crippen molar-refractivity contribution in [2.45, 2.75) is 37.8 Å². The van der Waals surface area contributed by atoms with Crippen molar-refractivity contribution >= 4 is 17.6 Å². The molecule has 0 saturated heterocycles. The number of phenolic OH excluding ortho intramolecular Hbond substituents is 1. The van der Waals surface area contributed by atoms with E-state index in [0.717, 1.165) is 25.0 Å². The van der Waals surface area contributed by atoms with Gasteiger partial charge in [0, 0.05) is 12.6 Å².